The quantitative estimate of drug-likeness (QED) is 0.854. The Morgan fingerprint density at radius 3 is 2.21 bits per heavy atom. The second-order valence-electron chi connectivity index (χ2n) is 8.33. The predicted octanol–water partition coefficient (Wildman–Crippen LogP) is 2.88. The summed E-state index contributed by atoms with van der Waals surface area (Å²) in [4.78, 5) is 29.7. The molecule has 0 unspecified atom stereocenters. The van der Waals surface area contributed by atoms with Gasteiger partial charge in [0.2, 0.25) is 0 Å². The topological polar surface area (TPSA) is 88.3 Å². The van der Waals surface area contributed by atoms with Crippen molar-refractivity contribution in [1.82, 2.24) is 10.3 Å². The molecule has 1 aromatic heterocycles. The number of amides is 2. The van der Waals surface area contributed by atoms with Crippen molar-refractivity contribution < 1.29 is 9.59 Å². The van der Waals surface area contributed by atoms with Crippen LogP contribution in [0.25, 0.3) is 0 Å². The third-order valence-electron chi connectivity index (χ3n) is 5.21. The second kappa shape index (κ2) is 8.00. The summed E-state index contributed by atoms with van der Waals surface area (Å²) in [5, 5.41) is 3.06. The minimum atomic E-state index is -0.602. The standard InChI is InChI=1S/C22H28N4O2/c1-22(2,3)16-5-7-18(8-6-16)26-12-10-17(11-13-26)25-21(28)15-4-9-19(20(23)27)24-14-15/h4-9,14,17H,10-13H2,1-3H3,(H2,23,27)(H,25,28). The van der Waals surface area contributed by atoms with Crippen LogP contribution in [0.4, 0.5) is 5.69 Å². The molecule has 1 saturated heterocycles. The number of anilines is 1. The van der Waals surface area contributed by atoms with Gasteiger partial charge in [0.05, 0.1) is 5.56 Å². The fourth-order valence-electron chi connectivity index (χ4n) is 3.40. The molecule has 1 aliphatic rings. The van der Waals surface area contributed by atoms with Gasteiger partial charge in [0.1, 0.15) is 5.69 Å². The van der Waals surface area contributed by atoms with Gasteiger partial charge in [-0.1, -0.05) is 32.9 Å². The SMILES string of the molecule is CC(C)(C)c1ccc(N2CCC(NC(=O)c3ccc(C(N)=O)nc3)CC2)cc1. The van der Waals surface area contributed by atoms with Gasteiger partial charge in [0.15, 0.2) is 0 Å². The van der Waals surface area contributed by atoms with Gasteiger partial charge in [-0.2, -0.15) is 0 Å². The normalized spacial score (nSPS) is 15.3. The van der Waals surface area contributed by atoms with E-state index in [1.807, 2.05) is 0 Å². The Bertz CT molecular complexity index is 830. The Balaban J connectivity index is 1.53. The summed E-state index contributed by atoms with van der Waals surface area (Å²) >= 11 is 0. The van der Waals surface area contributed by atoms with Crippen molar-refractivity contribution in [3.63, 3.8) is 0 Å². The van der Waals surface area contributed by atoms with Gasteiger partial charge in [-0.3, -0.25) is 14.6 Å². The Labute approximate surface area is 166 Å². The van der Waals surface area contributed by atoms with Gasteiger partial charge < -0.3 is 16.0 Å². The molecule has 2 heterocycles. The predicted molar refractivity (Wildman–Crippen MR) is 111 cm³/mol. The van der Waals surface area contributed by atoms with Crippen molar-refractivity contribution in [3.05, 3.63) is 59.4 Å². The highest BCUT2D eigenvalue weighted by molar-refractivity contribution is 5.95. The number of pyridine rings is 1. The maximum absolute atomic E-state index is 12.4. The average Bonchev–Trinajstić information content (AvgIpc) is 2.68. The number of carbonyl (C=O) groups is 2. The van der Waals surface area contributed by atoms with Crippen LogP contribution in [-0.2, 0) is 5.41 Å². The molecule has 28 heavy (non-hydrogen) atoms. The molecule has 148 valence electrons. The summed E-state index contributed by atoms with van der Waals surface area (Å²) in [6.07, 6.45) is 3.17. The molecule has 1 fully saturated rings. The number of benzene rings is 1. The molecule has 2 aromatic rings. The molecule has 0 bridgehead atoms. The number of nitrogens with two attached hydrogens (primary N) is 1. The minimum absolute atomic E-state index is 0.133. The largest absolute Gasteiger partial charge is 0.371 e. The van der Waals surface area contributed by atoms with E-state index in [9.17, 15) is 9.59 Å². The van der Waals surface area contributed by atoms with E-state index < -0.39 is 5.91 Å². The summed E-state index contributed by atoms with van der Waals surface area (Å²) in [6.45, 7) is 8.45. The lowest BCUT2D eigenvalue weighted by atomic mass is 9.87. The molecule has 1 aliphatic heterocycles. The third kappa shape index (κ3) is 4.68. The summed E-state index contributed by atoms with van der Waals surface area (Å²) < 4.78 is 0. The molecule has 3 rings (SSSR count). The molecular formula is C22H28N4O2. The lowest BCUT2D eigenvalue weighted by molar-refractivity contribution is 0.0928. The van der Waals surface area contributed by atoms with E-state index in [4.69, 9.17) is 5.73 Å². The zero-order chi connectivity index (χ0) is 20.3. The van der Waals surface area contributed by atoms with Crippen LogP contribution < -0.4 is 16.0 Å². The third-order valence-corrected chi connectivity index (χ3v) is 5.21. The number of nitrogens with one attached hydrogen (secondary N) is 1. The zero-order valence-electron chi connectivity index (χ0n) is 16.7. The molecule has 2 amide bonds. The summed E-state index contributed by atoms with van der Waals surface area (Å²) in [5.74, 6) is -0.772. The van der Waals surface area contributed by atoms with Gasteiger partial charge in [-0.25, -0.2) is 0 Å². The van der Waals surface area contributed by atoms with E-state index in [0.29, 0.717) is 5.56 Å². The maximum atomic E-state index is 12.4. The lowest BCUT2D eigenvalue weighted by Crippen LogP contribution is -2.44. The Kier molecular flexibility index (Phi) is 5.68. The number of hydrogen-bond donors (Lipinski definition) is 2. The van der Waals surface area contributed by atoms with Crippen molar-refractivity contribution in [2.24, 2.45) is 5.73 Å². The summed E-state index contributed by atoms with van der Waals surface area (Å²) in [7, 11) is 0. The van der Waals surface area contributed by atoms with Gasteiger partial charge in [-0.05, 0) is 48.1 Å². The molecule has 0 aliphatic carbocycles. The molecule has 1 aromatic carbocycles. The van der Waals surface area contributed by atoms with Crippen LogP contribution in [0, 0.1) is 0 Å². The van der Waals surface area contributed by atoms with Crippen molar-refractivity contribution >= 4 is 17.5 Å². The monoisotopic (exact) mass is 380 g/mol. The molecule has 6 heteroatoms. The van der Waals surface area contributed by atoms with E-state index in [0.717, 1.165) is 25.9 Å². The first-order chi connectivity index (χ1) is 13.2. The van der Waals surface area contributed by atoms with Gasteiger partial charge in [-0.15, -0.1) is 0 Å². The van der Waals surface area contributed by atoms with E-state index >= 15 is 0 Å². The Morgan fingerprint density at radius 1 is 1.07 bits per heavy atom. The van der Waals surface area contributed by atoms with E-state index in [1.165, 1.54) is 23.5 Å². The second-order valence-corrected chi connectivity index (χ2v) is 8.33. The van der Waals surface area contributed by atoms with Crippen LogP contribution in [0.1, 0.15) is 60.0 Å². The molecule has 0 atom stereocenters. The van der Waals surface area contributed by atoms with Crippen LogP contribution in [0.5, 0.6) is 0 Å². The lowest BCUT2D eigenvalue weighted by Gasteiger charge is -2.34. The van der Waals surface area contributed by atoms with Crippen LogP contribution in [0.15, 0.2) is 42.6 Å². The van der Waals surface area contributed by atoms with Gasteiger partial charge in [0, 0.05) is 31.0 Å². The fraction of sp³-hybridized carbons (Fsp3) is 0.409. The Morgan fingerprint density at radius 2 is 1.71 bits per heavy atom. The maximum Gasteiger partial charge on any atom is 0.267 e. The minimum Gasteiger partial charge on any atom is -0.371 e. The first-order valence-corrected chi connectivity index (χ1v) is 9.66. The van der Waals surface area contributed by atoms with Crippen LogP contribution in [0.3, 0.4) is 0 Å². The van der Waals surface area contributed by atoms with E-state index in [-0.39, 0.29) is 23.1 Å². The van der Waals surface area contributed by atoms with Crippen molar-refractivity contribution in [1.29, 1.82) is 0 Å². The van der Waals surface area contributed by atoms with E-state index in [1.54, 1.807) is 6.07 Å². The molecule has 0 saturated carbocycles. The molecule has 0 radical (unpaired) electrons. The highest BCUT2D eigenvalue weighted by Gasteiger charge is 2.22. The van der Waals surface area contributed by atoms with Crippen LogP contribution in [0.2, 0.25) is 0 Å². The molecular weight excluding hydrogens is 352 g/mol. The average molecular weight is 380 g/mol. The highest BCUT2D eigenvalue weighted by Crippen LogP contribution is 2.26. The highest BCUT2D eigenvalue weighted by atomic mass is 16.2. The first-order valence-electron chi connectivity index (χ1n) is 9.66. The van der Waals surface area contributed by atoms with Crippen molar-refractivity contribution in [2.45, 2.75) is 45.1 Å². The van der Waals surface area contributed by atoms with Gasteiger partial charge >= 0.3 is 0 Å². The number of aromatic nitrogens is 1. The van der Waals surface area contributed by atoms with Gasteiger partial charge in [0.25, 0.3) is 11.8 Å². The van der Waals surface area contributed by atoms with Crippen LogP contribution >= 0.6 is 0 Å². The van der Waals surface area contributed by atoms with E-state index in [2.05, 4.69) is 60.2 Å². The summed E-state index contributed by atoms with van der Waals surface area (Å²) in [6, 6.07) is 12.0. The summed E-state index contributed by atoms with van der Waals surface area (Å²) in [5.41, 5.74) is 8.47. The number of primary amides is 1. The van der Waals surface area contributed by atoms with Crippen molar-refractivity contribution in [3.8, 4) is 0 Å². The van der Waals surface area contributed by atoms with Crippen molar-refractivity contribution in [2.75, 3.05) is 18.0 Å². The zero-order valence-corrected chi connectivity index (χ0v) is 16.7. The number of carbonyl (C=O) groups excluding carboxylic acids is 2. The number of piperidine rings is 1. The first kappa shape index (κ1) is 19.9. The molecule has 3 N–H and O–H groups in total. The molecule has 6 nitrogen and oxygen atoms in total. The van der Waals surface area contributed by atoms with Crippen LogP contribution in [-0.4, -0.2) is 35.9 Å². The smallest absolute Gasteiger partial charge is 0.267 e. The molecule has 0 spiro atoms. The number of hydrogen-bond acceptors (Lipinski definition) is 4. The Hall–Kier alpha value is -2.89. The fourth-order valence-corrected chi connectivity index (χ4v) is 3.40. The number of nitrogens with zero attached hydrogens (tertiary/aromatic N) is 2. The number of rotatable bonds is 4.